The summed E-state index contributed by atoms with van der Waals surface area (Å²) in [6.07, 6.45) is 3.61. The Hall–Kier alpha value is -1.69. The van der Waals surface area contributed by atoms with Crippen molar-refractivity contribution in [1.82, 2.24) is 14.5 Å². The van der Waals surface area contributed by atoms with Crippen LogP contribution in [-0.2, 0) is 17.8 Å². The van der Waals surface area contributed by atoms with E-state index in [1.807, 2.05) is 17.7 Å². The molecule has 6 heteroatoms. The summed E-state index contributed by atoms with van der Waals surface area (Å²) in [6, 6.07) is 0. The van der Waals surface area contributed by atoms with E-state index in [9.17, 15) is 4.79 Å². The van der Waals surface area contributed by atoms with Crippen molar-refractivity contribution in [3.05, 3.63) is 34.3 Å². The number of aliphatic carboxylic acids is 1. The van der Waals surface area contributed by atoms with E-state index in [-0.39, 0.29) is 6.42 Å². The summed E-state index contributed by atoms with van der Waals surface area (Å²) in [5.41, 5.74) is 0.616. The van der Waals surface area contributed by atoms with E-state index in [4.69, 9.17) is 5.11 Å². The fourth-order valence-electron chi connectivity index (χ4n) is 1.37. The second kappa shape index (κ2) is 4.44. The van der Waals surface area contributed by atoms with Crippen molar-refractivity contribution >= 4 is 17.3 Å². The Balaban J connectivity index is 2.08. The van der Waals surface area contributed by atoms with Crippen LogP contribution in [0, 0.1) is 6.92 Å². The number of rotatable bonds is 4. The number of imidazole rings is 1. The minimum Gasteiger partial charge on any atom is -0.481 e. The molecular weight excluding hydrogens is 226 g/mol. The smallest absolute Gasteiger partial charge is 0.309 e. The first kappa shape index (κ1) is 10.8. The number of aromatic nitrogens is 3. The maximum Gasteiger partial charge on any atom is 0.309 e. The van der Waals surface area contributed by atoms with Gasteiger partial charge in [-0.3, -0.25) is 4.79 Å². The van der Waals surface area contributed by atoms with Crippen molar-refractivity contribution in [1.29, 1.82) is 0 Å². The van der Waals surface area contributed by atoms with Crippen LogP contribution in [0.15, 0.2) is 17.8 Å². The lowest BCUT2D eigenvalue weighted by atomic mass is 10.3. The Kier molecular flexibility index (Phi) is 3.00. The quantitative estimate of drug-likeness (QED) is 0.870. The van der Waals surface area contributed by atoms with E-state index >= 15 is 0 Å². The van der Waals surface area contributed by atoms with Crippen LogP contribution in [0.5, 0.6) is 0 Å². The molecule has 0 aliphatic rings. The molecular formula is C10H11N3O2S. The Labute approximate surface area is 96.4 Å². The van der Waals surface area contributed by atoms with Crippen LogP contribution >= 0.6 is 11.3 Å². The van der Waals surface area contributed by atoms with Crippen molar-refractivity contribution in [3.8, 4) is 0 Å². The number of carbonyl (C=O) groups is 1. The lowest BCUT2D eigenvalue weighted by Crippen LogP contribution is -2.03. The fourth-order valence-corrected chi connectivity index (χ4v) is 2.17. The first-order valence-corrected chi connectivity index (χ1v) is 5.66. The predicted molar refractivity (Wildman–Crippen MR) is 59.5 cm³/mol. The van der Waals surface area contributed by atoms with Crippen LogP contribution in [0.3, 0.4) is 0 Å². The highest BCUT2D eigenvalue weighted by atomic mass is 32.1. The third kappa shape index (κ3) is 2.46. The minimum atomic E-state index is -0.851. The molecule has 0 saturated carbocycles. The van der Waals surface area contributed by atoms with Crippen LogP contribution in [-0.4, -0.2) is 25.6 Å². The zero-order valence-corrected chi connectivity index (χ0v) is 9.57. The molecule has 0 spiro atoms. The summed E-state index contributed by atoms with van der Waals surface area (Å²) in [6.45, 7) is 2.57. The summed E-state index contributed by atoms with van der Waals surface area (Å²) in [7, 11) is 0. The maximum atomic E-state index is 10.5. The monoisotopic (exact) mass is 237 g/mol. The highest BCUT2D eigenvalue weighted by Gasteiger charge is 2.07. The Morgan fingerprint density at radius 2 is 2.44 bits per heavy atom. The van der Waals surface area contributed by atoms with Crippen molar-refractivity contribution in [2.24, 2.45) is 0 Å². The summed E-state index contributed by atoms with van der Waals surface area (Å²) >= 11 is 1.48. The van der Waals surface area contributed by atoms with Crippen molar-refractivity contribution in [2.45, 2.75) is 19.9 Å². The first-order chi connectivity index (χ1) is 7.65. The average Bonchev–Trinajstić information content (AvgIpc) is 2.77. The number of carboxylic acids is 1. The van der Waals surface area contributed by atoms with Crippen molar-refractivity contribution < 1.29 is 9.90 Å². The molecule has 0 unspecified atom stereocenters. The van der Waals surface area contributed by atoms with Gasteiger partial charge in [0.25, 0.3) is 0 Å². The molecule has 2 heterocycles. The zero-order chi connectivity index (χ0) is 11.5. The summed E-state index contributed by atoms with van der Waals surface area (Å²) in [5.74, 6) is 0.0747. The van der Waals surface area contributed by atoms with Gasteiger partial charge in [0.05, 0.1) is 18.7 Å². The molecule has 0 bridgehead atoms. The molecule has 5 nitrogen and oxygen atoms in total. The van der Waals surface area contributed by atoms with E-state index in [2.05, 4.69) is 9.97 Å². The molecule has 1 N–H and O–H groups in total. The first-order valence-electron chi connectivity index (χ1n) is 4.78. The number of hydrogen-bond acceptors (Lipinski definition) is 4. The standard InChI is InChI=1S/C10H11N3O2S/c1-7-11-2-3-13(7)5-9-12-8(6-16-9)4-10(14)15/h2-3,6H,4-5H2,1H3,(H,14,15). The predicted octanol–water partition coefficient (Wildman–Crippen LogP) is 1.32. The Bertz CT molecular complexity index is 504. The van der Waals surface area contributed by atoms with Crippen molar-refractivity contribution in [3.63, 3.8) is 0 Å². The number of carboxylic acid groups (broad SMARTS) is 1. The van der Waals surface area contributed by atoms with Gasteiger partial charge in [-0.05, 0) is 6.92 Å². The van der Waals surface area contributed by atoms with Gasteiger partial charge >= 0.3 is 5.97 Å². The number of thiazole rings is 1. The van der Waals surface area contributed by atoms with Crippen LogP contribution in [0.25, 0.3) is 0 Å². The topological polar surface area (TPSA) is 68.0 Å². The molecule has 0 aliphatic carbocycles. The van der Waals surface area contributed by atoms with Crippen molar-refractivity contribution in [2.75, 3.05) is 0 Å². The molecule has 2 aromatic rings. The molecule has 0 amide bonds. The van der Waals surface area contributed by atoms with Gasteiger partial charge in [0.15, 0.2) is 0 Å². The van der Waals surface area contributed by atoms with Gasteiger partial charge in [0.1, 0.15) is 10.8 Å². The lowest BCUT2D eigenvalue weighted by molar-refractivity contribution is -0.136. The Morgan fingerprint density at radius 3 is 3.06 bits per heavy atom. The third-order valence-electron chi connectivity index (χ3n) is 2.16. The van der Waals surface area contributed by atoms with Crippen LogP contribution in [0.2, 0.25) is 0 Å². The minimum absolute atomic E-state index is 0.0145. The molecule has 0 aliphatic heterocycles. The molecule has 0 fully saturated rings. The van der Waals surface area contributed by atoms with Gasteiger partial charge in [-0.1, -0.05) is 0 Å². The van der Waals surface area contributed by atoms with Gasteiger partial charge in [-0.2, -0.15) is 0 Å². The van der Waals surface area contributed by atoms with Crippen LogP contribution in [0.1, 0.15) is 16.5 Å². The van der Waals surface area contributed by atoms with Gasteiger partial charge in [0, 0.05) is 17.8 Å². The van der Waals surface area contributed by atoms with Crippen LogP contribution in [0.4, 0.5) is 0 Å². The van der Waals surface area contributed by atoms with E-state index < -0.39 is 5.97 Å². The average molecular weight is 237 g/mol. The SMILES string of the molecule is Cc1nccn1Cc1nc(CC(=O)O)cs1. The molecule has 2 rings (SSSR count). The third-order valence-corrected chi connectivity index (χ3v) is 3.04. The van der Waals surface area contributed by atoms with Gasteiger partial charge in [0.2, 0.25) is 0 Å². The highest BCUT2D eigenvalue weighted by Crippen LogP contribution is 2.12. The number of hydrogen-bond donors (Lipinski definition) is 1. The molecule has 0 radical (unpaired) electrons. The molecule has 0 atom stereocenters. The summed E-state index contributed by atoms with van der Waals surface area (Å²) < 4.78 is 1.98. The van der Waals surface area contributed by atoms with E-state index in [0.29, 0.717) is 12.2 Å². The molecule has 2 aromatic heterocycles. The number of aryl methyl sites for hydroxylation is 1. The van der Waals surface area contributed by atoms with Crippen LogP contribution < -0.4 is 0 Å². The molecule has 0 saturated heterocycles. The van der Waals surface area contributed by atoms with E-state index in [1.54, 1.807) is 11.6 Å². The molecule has 84 valence electrons. The largest absolute Gasteiger partial charge is 0.481 e. The van der Waals surface area contributed by atoms with E-state index in [0.717, 1.165) is 10.8 Å². The highest BCUT2D eigenvalue weighted by molar-refractivity contribution is 7.09. The summed E-state index contributed by atoms with van der Waals surface area (Å²) in [5, 5.41) is 11.3. The number of nitrogens with zero attached hydrogens (tertiary/aromatic N) is 3. The fraction of sp³-hybridized carbons (Fsp3) is 0.300. The summed E-state index contributed by atoms with van der Waals surface area (Å²) in [4.78, 5) is 18.9. The molecule has 16 heavy (non-hydrogen) atoms. The second-order valence-electron chi connectivity index (χ2n) is 3.41. The van der Waals surface area contributed by atoms with Gasteiger partial charge in [-0.15, -0.1) is 11.3 Å². The Morgan fingerprint density at radius 1 is 1.62 bits per heavy atom. The van der Waals surface area contributed by atoms with Gasteiger partial charge in [-0.25, -0.2) is 9.97 Å². The lowest BCUT2D eigenvalue weighted by Gasteiger charge is -2.00. The van der Waals surface area contributed by atoms with E-state index in [1.165, 1.54) is 11.3 Å². The zero-order valence-electron chi connectivity index (χ0n) is 8.75. The maximum absolute atomic E-state index is 10.5. The van der Waals surface area contributed by atoms with Gasteiger partial charge < -0.3 is 9.67 Å². The normalized spacial score (nSPS) is 10.6. The molecule has 0 aromatic carbocycles. The second-order valence-corrected chi connectivity index (χ2v) is 4.35.